The number of rotatable bonds is 7. The lowest BCUT2D eigenvalue weighted by molar-refractivity contribution is 0.0691. The average Bonchev–Trinajstić information content (AvgIpc) is 2.84. The van der Waals surface area contributed by atoms with Crippen molar-refractivity contribution >= 4 is 34.1 Å². The first-order valence-electron chi connectivity index (χ1n) is 5.91. The maximum Gasteiger partial charge on any atom is 0.355 e. The Balaban J connectivity index is 2.24. The summed E-state index contributed by atoms with van der Waals surface area (Å²) in [4.78, 5) is 26.0. The summed E-state index contributed by atoms with van der Waals surface area (Å²) < 4.78 is 11.1. The van der Waals surface area contributed by atoms with E-state index in [1.54, 1.807) is 13.2 Å². The molecule has 0 bridgehead atoms. The Hall–Kier alpha value is -1.48. The first-order valence-corrected chi connectivity index (χ1v) is 8.42. The van der Waals surface area contributed by atoms with Crippen molar-refractivity contribution < 1.29 is 18.9 Å². The van der Waals surface area contributed by atoms with Crippen LogP contribution in [0.5, 0.6) is 0 Å². The lowest BCUT2D eigenvalue weighted by atomic mass is 10.4. The highest BCUT2D eigenvalue weighted by Gasteiger charge is 2.10. The van der Waals surface area contributed by atoms with Gasteiger partial charge in [-0.05, 0) is 6.92 Å². The molecule has 112 valence electrons. The third kappa shape index (κ3) is 5.66. The van der Waals surface area contributed by atoms with E-state index in [-0.39, 0.29) is 17.0 Å². The number of carbonyl (C=O) groups excluding carboxylic acids is 1. The molecule has 1 aromatic rings. The third-order valence-electron chi connectivity index (χ3n) is 2.51. The topological polar surface area (TPSA) is 108 Å². The maximum atomic E-state index is 11.4. The van der Waals surface area contributed by atoms with Gasteiger partial charge in [0.05, 0.1) is 5.01 Å². The standard InChI is InChI=1S/C11H17N3O4S2/c1-7(20(2)18)5-13-11(17)12-4-3-9-14-8(6-19-9)10(15)16/h6-7H,3-5H2,1-2H3,(H,15,16)(H2,12,13,17). The van der Waals surface area contributed by atoms with Crippen molar-refractivity contribution in [3.8, 4) is 0 Å². The lowest BCUT2D eigenvalue weighted by Crippen LogP contribution is -2.40. The number of nitrogens with one attached hydrogen (secondary N) is 2. The molecule has 0 fully saturated rings. The Kier molecular flexibility index (Phi) is 6.59. The number of amides is 2. The second kappa shape index (κ2) is 7.95. The van der Waals surface area contributed by atoms with E-state index in [1.165, 1.54) is 16.7 Å². The maximum absolute atomic E-state index is 11.4. The van der Waals surface area contributed by atoms with Gasteiger partial charge in [0.15, 0.2) is 5.69 Å². The summed E-state index contributed by atoms with van der Waals surface area (Å²) in [6.45, 7) is 2.50. The molecule has 3 N–H and O–H groups in total. The van der Waals surface area contributed by atoms with Crippen LogP contribution in [-0.4, -0.2) is 50.9 Å². The van der Waals surface area contributed by atoms with Crippen LogP contribution in [0.15, 0.2) is 5.38 Å². The van der Waals surface area contributed by atoms with Crippen LogP contribution in [0.4, 0.5) is 4.79 Å². The highest BCUT2D eigenvalue weighted by molar-refractivity contribution is 7.84. The number of nitrogens with zero attached hydrogens (tertiary/aromatic N) is 1. The number of hydrogen-bond donors (Lipinski definition) is 3. The minimum atomic E-state index is -1.06. The number of carboxylic acids is 1. The Morgan fingerprint density at radius 1 is 1.50 bits per heavy atom. The smallest absolute Gasteiger partial charge is 0.355 e. The van der Waals surface area contributed by atoms with Gasteiger partial charge in [-0.1, -0.05) is 0 Å². The van der Waals surface area contributed by atoms with Crippen LogP contribution in [-0.2, 0) is 17.2 Å². The zero-order valence-electron chi connectivity index (χ0n) is 11.2. The monoisotopic (exact) mass is 319 g/mol. The zero-order valence-corrected chi connectivity index (χ0v) is 12.8. The highest BCUT2D eigenvalue weighted by Crippen LogP contribution is 2.09. The molecule has 0 aromatic carbocycles. The van der Waals surface area contributed by atoms with Gasteiger partial charge in [0.1, 0.15) is 0 Å². The van der Waals surface area contributed by atoms with Crippen LogP contribution in [0, 0.1) is 0 Å². The molecule has 1 rings (SSSR count). The van der Waals surface area contributed by atoms with Crippen molar-refractivity contribution in [2.75, 3.05) is 19.3 Å². The molecule has 0 radical (unpaired) electrons. The lowest BCUT2D eigenvalue weighted by Gasteiger charge is -2.10. The van der Waals surface area contributed by atoms with Crippen LogP contribution >= 0.6 is 11.3 Å². The highest BCUT2D eigenvalue weighted by atomic mass is 32.2. The minimum Gasteiger partial charge on any atom is -0.476 e. The van der Waals surface area contributed by atoms with Crippen LogP contribution in [0.25, 0.3) is 0 Å². The molecule has 0 spiro atoms. The van der Waals surface area contributed by atoms with Gasteiger partial charge in [-0.25, -0.2) is 14.6 Å². The van der Waals surface area contributed by atoms with Crippen molar-refractivity contribution in [2.45, 2.75) is 18.6 Å². The molecule has 0 saturated carbocycles. The van der Waals surface area contributed by atoms with Gasteiger partial charge in [0, 0.05) is 47.2 Å². The predicted molar refractivity (Wildman–Crippen MR) is 77.7 cm³/mol. The fourth-order valence-corrected chi connectivity index (χ4v) is 2.31. The van der Waals surface area contributed by atoms with Crippen molar-refractivity contribution in [1.29, 1.82) is 0 Å². The molecule has 9 heteroatoms. The van der Waals surface area contributed by atoms with E-state index in [1.807, 2.05) is 0 Å². The Labute approximate surface area is 123 Å². The molecule has 0 aliphatic rings. The van der Waals surface area contributed by atoms with E-state index in [0.29, 0.717) is 24.5 Å². The Bertz CT molecular complexity index is 504. The van der Waals surface area contributed by atoms with Crippen molar-refractivity contribution in [1.82, 2.24) is 15.6 Å². The van der Waals surface area contributed by atoms with Crippen LogP contribution in [0.3, 0.4) is 0 Å². The number of hydrogen-bond acceptors (Lipinski definition) is 5. The van der Waals surface area contributed by atoms with Gasteiger partial charge in [-0.15, -0.1) is 11.3 Å². The molecule has 7 nitrogen and oxygen atoms in total. The molecule has 1 heterocycles. The molecular formula is C11H17N3O4S2. The van der Waals surface area contributed by atoms with E-state index in [9.17, 15) is 13.8 Å². The first kappa shape index (κ1) is 16.6. The summed E-state index contributed by atoms with van der Waals surface area (Å²) in [5.41, 5.74) is 0.0219. The largest absolute Gasteiger partial charge is 0.476 e. The van der Waals surface area contributed by atoms with Crippen LogP contribution < -0.4 is 10.6 Å². The summed E-state index contributed by atoms with van der Waals surface area (Å²) in [6.07, 6.45) is 2.06. The molecule has 2 unspecified atom stereocenters. The summed E-state index contributed by atoms with van der Waals surface area (Å²) in [5.74, 6) is -1.06. The van der Waals surface area contributed by atoms with Crippen molar-refractivity contribution in [3.05, 3.63) is 16.1 Å². The summed E-state index contributed by atoms with van der Waals surface area (Å²) in [6, 6.07) is -0.336. The number of aromatic carboxylic acids is 1. The molecule has 20 heavy (non-hydrogen) atoms. The number of thiazole rings is 1. The molecule has 0 aliphatic heterocycles. The first-order chi connectivity index (χ1) is 9.40. The Morgan fingerprint density at radius 3 is 2.75 bits per heavy atom. The van der Waals surface area contributed by atoms with Crippen LogP contribution in [0.1, 0.15) is 22.4 Å². The van der Waals surface area contributed by atoms with E-state index in [2.05, 4.69) is 15.6 Å². The van der Waals surface area contributed by atoms with E-state index >= 15 is 0 Å². The number of carboxylic acid groups (broad SMARTS) is 1. The molecule has 0 aliphatic carbocycles. The normalized spacial score (nSPS) is 13.5. The quantitative estimate of drug-likeness (QED) is 0.676. The van der Waals surface area contributed by atoms with E-state index < -0.39 is 16.8 Å². The average molecular weight is 319 g/mol. The van der Waals surface area contributed by atoms with Gasteiger partial charge < -0.3 is 15.7 Å². The third-order valence-corrected chi connectivity index (χ3v) is 4.72. The van der Waals surface area contributed by atoms with E-state index in [0.717, 1.165) is 0 Å². The van der Waals surface area contributed by atoms with Gasteiger partial charge in [-0.3, -0.25) is 4.21 Å². The van der Waals surface area contributed by atoms with Crippen LogP contribution in [0.2, 0.25) is 0 Å². The van der Waals surface area contributed by atoms with Gasteiger partial charge >= 0.3 is 12.0 Å². The summed E-state index contributed by atoms with van der Waals surface area (Å²) >= 11 is 1.25. The number of carbonyl (C=O) groups is 2. The summed E-state index contributed by atoms with van der Waals surface area (Å²) in [5, 5.41) is 16.0. The zero-order chi connectivity index (χ0) is 15.1. The molecule has 0 saturated heterocycles. The molecule has 2 atom stereocenters. The van der Waals surface area contributed by atoms with Gasteiger partial charge in [0.2, 0.25) is 0 Å². The molecule has 1 aromatic heterocycles. The SMILES string of the molecule is CC(CNC(=O)NCCc1nc(C(=O)O)cs1)S(C)=O. The minimum absolute atomic E-state index is 0.0219. The molecule has 2 amide bonds. The molecular weight excluding hydrogens is 302 g/mol. The number of aromatic nitrogens is 1. The van der Waals surface area contributed by atoms with Gasteiger partial charge in [-0.2, -0.15) is 0 Å². The number of urea groups is 1. The second-order valence-electron chi connectivity index (χ2n) is 4.13. The predicted octanol–water partition coefficient (Wildman–Crippen LogP) is 0.450. The second-order valence-corrected chi connectivity index (χ2v) is 6.87. The van der Waals surface area contributed by atoms with E-state index in [4.69, 9.17) is 5.11 Å². The Morgan fingerprint density at radius 2 is 2.20 bits per heavy atom. The fourth-order valence-electron chi connectivity index (χ4n) is 1.22. The van der Waals surface area contributed by atoms with Gasteiger partial charge in [0.25, 0.3) is 0 Å². The fraction of sp³-hybridized carbons (Fsp3) is 0.545. The van der Waals surface area contributed by atoms with Crippen molar-refractivity contribution in [3.63, 3.8) is 0 Å². The summed E-state index contributed by atoms with van der Waals surface area (Å²) in [7, 11) is -0.970. The van der Waals surface area contributed by atoms with Crippen molar-refractivity contribution in [2.24, 2.45) is 0 Å².